The molecule has 1 amide bonds. The number of H-pyrrole nitrogens is 1. The number of benzene rings is 1. The van der Waals surface area contributed by atoms with Crippen molar-refractivity contribution >= 4 is 17.4 Å². The number of hydrogen-bond acceptors (Lipinski definition) is 4. The van der Waals surface area contributed by atoms with Gasteiger partial charge in [0, 0.05) is 29.7 Å². The van der Waals surface area contributed by atoms with Crippen LogP contribution in [0.1, 0.15) is 32.1 Å². The van der Waals surface area contributed by atoms with Gasteiger partial charge in [0.05, 0.1) is 10.6 Å². The Kier molecular flexibility index (Phi) is 4.36. The number of carbonyl (C=O) groups is 1. The average Bonchev–Trinajstić information content (AvgIpc) is 3.04. The molecule has 1 saturated carbocycles. The molecule has 0 aliphatic heterocycles. The van der Waals surface area contributed by atoms with Crippen LogP contribution in [0.5, 0.6) is 0 Å². The zero-order chi connectivity index (χ0) is 16.2. The number of aromatic nitrogens is 2. The molecule has 0 radical (unpaired) electrons. The molecule has 1 aromatic carbocycles. The predicted molar refractivity (Wildman–Crippen MR) is 85.9 cm³/mol. The van der Waals surface area contributed by atoms with Crippen LogP contribution in [0.2, 0.25) is 0 Å². The number of hydrogen-bond donors (Lipinski definition) is 2. The highest BCUT2D eigenvalue weighted by atomic mass is 16.6. The lowest BCUT2D eigenvalue weighted by atomic mass is 9.89. The summed E-state index contributed by atoms with van der Waals surface area (Å²) in [5, 5.41) is 20.5. The predicted octanol–water partition coefficient (Wildman–Crippen LogP) is 3.50. The highest BCUT2D eigenvalue weighted by Gasteiger charge is 2.21. The number of aromatic amines is 1. The van der Waals surface area contributed by atoms with E-state index in [1.54, 1.807) is 18.2 Å². The molecule has 23 heavy (non-hydrogen) atoms. The van der Waals surface area contributed by atoms with Crippen LogP contribution >= 0.6 is 0 Å². The van der Waals surface area contributed by atoms with E-state index in [-0.39, 0.29) is 17.5 Å². The Labute approximate surface area is 133 Å². The molecule has 0 unspecified atom stereocenters. The van der Waals surface area contributed by atoms with E-state index in [1.165, 1.54) is 18.6 Å². The molecule has 7 heteroatoms. The summed E-state index contributed by atoms with van der Waals surface area (Å²) in [6.07, 6.45) is 5.24. The third kappa shape index (κ3) is 3.56. The van der Waals surface area contributed by atoms with Crippen LogP contribution in [0.25, 0.3) is 11.3 Å². The summed E-state index contributed by atoms with van der Waals surface area (Å²) in [5.74, 6) is 0.505. The highest BCUT2D eigenvalue weighted by molar-refractivity contribution is 5.92. The van der Waals surface area contributed by atoms with Gasteiger partial charge in [-0.1, -0.05) is 31.4 Å². The Morgan fingerprint density at radius 2 is 2.04 bits per heavy atom. The first-order valence-electron chi connectivity index (χ1n) is 7.74. The van der Waals surface area contributed by atoms with Crippen molar-refractivity contribution in [1.29, 1.82) is 0 Å². The van der Waals surface area contributed by atoms with Crippen molar-refractivity contribution in [2.75, 3.05) is 5.32 Å². The quantitative estimate of drug-likeness (QED) is 0.666. The Morgan fingerprint density at radius 3 is 2.78 bits per heavy atom. The maximum Gasteiger partial charge on any atom is 0.270 e. The standard InChI is InChI=1S/C16H18N4O3/c21-16(11-5-2-1-3-6-11)17-15-10-14(18-19-15)12-7-4-8-13(9-12)20(22)23/h4,7-11H,1-3,5-6H2,(H2,17,18,19,21). The lowest BCUT2D eigenvalue weighted by molar-refractivity contribution is -0.384. The molecule has 0 spiro atoms. The number of non-ortho nitro benzene ring substituents is 1. The van der Waals surface area contributed by atoms with Crippen LogP contribution < -0.4 is 5.32 Å². The van der Waals surface area contributed by atoms with Gasteiger partial charge in [0.25, 0.3) is 5.69 Å². The number of nitro groups is 1. The lowest BCUT2D eigenvalue weighted by Crippen LogP contribution is -2.24. The van der Waals surface area contributed by atoms with Crippen LogP contribution in [0.4, 0.5) is 11.5 Å². The molecular formula is C16H18N4O3. The van der Waals surface area contributed by atoms with Crippen molar-refractivity contribution in [2.45, 2.75) is 32.1 Å². The number of nitrogens with zero attached hydrogens (tertiary/aromatic N) is 2. The first-order valence-corrected chi connectivity index (χ1v) is 7.74. The Morgan fingerprint density at radius 1 is 1.26 bits per heavy atom. The Balaban J connectivity index is 1.71. The Hall–Kier alpha value is -2.70. The van der Waals surface area contributed by atoms with Crippen LogP contribution in [0.3, 0.4) is 0 Å². The fourth-order valence-electron chi connectivity index (χ4n) is 2.91. The summed E-state index contributed by atoms with van der Waals surface area (Å²) in [4.78, 5) is 22.6. The van der Waals surface area contributed by atoms with Gasteiger partial charge in [-0.25, -0.2) is 0 Å². The number of amides is 1. The van der Waals surface area contributed by atoms with Gasteiger partial charge >= 0.3 is 0 Å². The van der Waals surface area contributed by atoms with E-state index < -0.39 is 4.92 Å². The number of anilines is 1. The van der Waals surface area contributed by atoms with Crippen molar-refractivity contribution in [1.82, 2.24) is 10.2 Å². The maximum atomic E-state index is 12.2. The van der Waals surface area contributed by atoms with Crippen LogP contribution in [-0.2, 0) is 4.79 Å². The first kappa shape index (κ1) is 15.2. The van der Waals surface area contributed by atoms with E-state index >= 15 is 0 Å². The minimum absolute atomic E-state index is 0.00166. The van der Waals surface area contributed by atoms with E-state index in [9.17, 15) is 14.9 Å². The molecular weight excluding hydrogens is 296 g/mol. The summed E-state index contributed by atoms with van der Waals surface area (Å²) in [6, 6.07) is 7.98. The van der Waals surface area contributed by atoms with Crippen molar-refractivity contribution in [3.8, 4) is 11.3 Å². The second-order valence-electron chi connectivity index (χ2n) is 5.80. The van der Waals surface area contributed by atoms with Gasteiger partial charge in [0.2, 0.25) is 5.91 Å². The van der Waals surface area contributed by atoms with Gasteiger partial charge < -0.3 is 5.32 Å². The van der Waals surface area contributed by atoms with Gasteiger partial charge in [0.1, 0.15) is 0 Å². The fraction of sp³-hybridized carbons (Fsp3) is 0.375. The lowest BCUT2D eigenvalue weighted by Gasteiger charge is -2.19. The third-order valence-corrected chi connectivity index (χ3v) is 4.17. The topological polar surface area (TPSA) is 101 Å². The van der Waals surface area contributed by atoms with Gasteiger partial charge in [-0.15, -0.1) is 0 Å². The highest BCUT2D eigenvalue weighted by Crippen LogP contribution is 2.26. The summed E-state index contributed by atoms with van der Waals surface area (Å²) < 4.78 is 0. The fourth-order valence-corrected chi connectivity index (χ4v) is 2.91. The SMILES string of the molecule is O=C(Nc1cc(-c2cccc([N+](=O)[O-])c2)[nH]n1)C1CCCCC1. The van der Waals surface area contributed by atoms with E-state index in [1.807, 2.05) is 0 Å². The second-order valence-corrected chi connectivity index (χ2v) is 5.80. The molecule has 3 rings (SSSR count). The van der Waals surface area contributed by atoms with Crippen molar-refractivity contribution < 1.29 is 9.72 Å². The zero-order valence-corrected chi connectivity index (χ0v) is 12.6. The molecule has 120 valence electrons. The van der Waals surface area contributed by atoms with Crippen molar-refractivity contribution in [3.05, 3.63) is 40.4 Å². The van der Waals surface area contributed by atoms with Gasteiger partial charge in [-0.3, -0.25) is 20.0 Å². The molecule has 7 nitrogen and oxygen atoms in total. The number of nitrogens with one attached hydrogen (secondary N) is 2. The number of nitro benzene ring substituents is 1. The van der Waals surface area contributed by atoms with Gasteiger partial charge in [-0.2, -0.15) is 5.10 Å². The van der Waals surface area contributed by atoms with E-state index in [4.69, 9.17) is 0 Å². The van der Waals surface area contributed by atoms with Crippen LogP contribution in [-0.4, -0.2) is 21.0 Å². The molecule has 1 heterocycles. The van der Waals surface area contributed by atoms with Gasteiger partial charge in [0.15, 0.2) is 5.82 Å². The zero-order valence-electron chi connectivity index (χ0n) is 12.6. The number of rotatable bonds is 4. The Bertz CT molecular complexity index is 720. The molecule has 0 atom stereocenters. The normalized spacial score (nSPS) is 15.3. The maximum absolute atomic E-state index is 12.2. The second kappa shape index (κ2) is 6.60. The summed E-state index contributed by atoms with van der Waals surface area (Å²) >= 11 is 0. The van der Waals surface area contributed by atoms with Crippen molar-refractivity contribution in [3.63, 3.8) is 0 Å². The van der Waals surface area contributed by atoms with Crippen LogP contribution in [0, 0.1) is 16.0 Å². The number of carbonyl (C=O) groups excluding carboxylic acids is 1. The average molecular weight is 314 g/mol. The summed E-state index contributed by atoms with van der Waals surface area (Å²) in [6.45, 7) is 0. The summed E-state index contributed by atoms with van der Waals surface area (Å²) in [7, 11) is 0. The molecule has 1 aromatic heterocycles. The molecule has 0 bridgehead atoms. The molecule has 1 fully saturated rings. The third-order valence-electron chi connectivity index (χ3n) is 4.17. The molecule has 2 N–H and O–H groups in total. The smallest absolute Gasteiger partial charge is 0.270 e. The largest absolute Gasteiger partial charge is 0.309 e. The monoisotopic (exact) mass is 314 g/mol. The minimum Gasteiger partial charge on any atom is -0.309 e. The van der Waals surface area contributed by atoms with E-state index in [2.05, 4.69) is 15.5 Å². The van der Waals surface area contributed by atoms with Gasteiger partial charge in [-0.05, 0) is 12.8 Å². The molecule has 0 saturated heterocycles. The first-order chi connectivity index (χ1) is 11.1. The molecule has 1 aliphatic rings. The summed E-state index contributed by atoms with van der Waals surface area (Å²) in [5.41, 5.74) is 1.31. The molecule has 2 aromatic rings. The van der Waals surface area contributed by atoms with E-state index in [0.29, 0.717) is 17.1 Å². The van der Waals surface area contributed by atoms with Crippen LogP contribution in [0.15, 0.2) is 30.3 Å². The van der Waals surface area contributed by atoms with Crippen molar-refractivity contribution in [2.24, 2.45) is 5.92 Å². The minimum atomic E-state index is -0.439. The molecule has 1 aliphatic carbocycles. The van der Waals surface area contributed by atoms with E-state index in [0.717, 1.165) is 25.7 Å².